The Balaban J connectivity index is 1.44. The number of thiazole rings is 1. The average molecular weight is 580 g/mol. The molecule has 2 amide bonds. The molecule has 4 aromatic rings. The van der Waals surface area contributed by atoms with Crippen molar-refractivity contribution in [2.75, 3.05) is 11.1 Å². The van der Waals surface area contributed by atoms with Gasteiger partial charge in [-0.2, -0.15) is 0 Å². The minimum absolute atomic E-state index is 0.0507. The maximum atomic E-state index is 13.0. The average Bonchev–Trinajstić information content (AvgIpc) is 3.52. The highest BCUT2D eigenvalue weighted by Crippen LogP contribution is 2.31. The van der Waals surface area contributed by atoms with E-state index in [0.717, 1.165) is 16.1 Å². The molecule has 4 rings (SSSR count). The van der Waals surface area contributed by atoms with Crippen molar-refractivity contribution in [3.8, 4) is 11.3 Å². The fourth-order valence-corrected chi connectivity index (χ4v) is 5.71. The first-order valence-corrected chi connectivity index (χ1v) is 14.4. The summed E-state index contributed by atoms with van der Waals surface area (Å²) in [5.74, 6) is -0.0724. The number of non-ortho nitro benzene ring substituents is 1. The maximum absolute atomic E-state index is 13.0. The molecule has 0 spiro atoms. The molecule has 0 aliphatic heterocycles. The molecule has 0 saturated carbocycles. The summed E-state index contributed by atoms with van der Waals surface area (Å²) in [7, 11) is 0. The van der Waals surface area contributed by atoms with Crippen molar-refractivity contribution in [1.29, 1.82) is 0 Å². The Hall–Kier alpha value is -4.10. The van der Waals surface area contributed by atoms with Gasteiger partial charge in [-0.25, -0.2) is 4.98 Å². The summed E-state index contributed by atoms with van der Waals surface area (Å²) in [5.41, 5.74) is 1.86. The minimum Gasteiger partial charge on any atom is -0.342 e. The topological polar surface area (TPSA) is 145 Å². The number of nitrogens with zero attached hydrogens (tertiary/aromatic N) is 5. The first-order valence-electron chi connectivity index (χ1n) is 12.6. The summed E-state index contributed by atoms with van der Waals surface area (Å²) in [6.07, 6.45) is 0. The van der Waals surface area contributed by atoms with E-state index in [2.05, 4.69) is 25.8 Å². The van der Waals surface area contributed by atoms with E-state index in [4.69, 9.17) is 0 Å². The molecule has 2 aromatic carbocycles. The molecule has 0 unspecified atom stereocenters. The smallest absolute Gasteiger partial charge is 0.270 e. The summed E-state index contributed by atoms with van der Waals surface area (Å²) in [4.78, 5) is 41.9. The zero-order valence-corrected chi connectivity index (χ0v) is 24.1. The Morgan fingerprint density at radius 1 is 1.12 bits per heavy atom. The van der Waals surface area contributed by atoms with E-state index >= 15 is 0 Å². The van der Waals surface area contributed by atoms with Crippen LogP contribution < -0.4 is 10.6 Å². The highest BCUT2D eigenvalue weighted by molar-refractivity contribution is 7.99. The largest absolute Gasteiger partial charge is 0.342 e. The molecule has 0 bridgehead atoms. The van der Waals surface area contributed by atoms with Crippen LogP contribution >= 0.6 is 23.1 Å². The van der Waals surface area contributed by atoms with Gasteiger partial charge in [0.1, 0.15) is 0 Å². The lowest BCUT2D eigenvalue weighted by Gasteiger charge is -2.22. The number of hydrogen-bond donors (Lipinski definition) is 2. The number of nitro benzene ring substituents is 1. The fourth-order valence-electron chi connectivity index (χ4n) is 4.05. The van der Waals surface area contributed by atoms with E-state index in [-0.39, 0.29) is 28.8 Å². The van der Waals surface area contributed by atoms with Crippen molar-refractivity contribution < 1.29 is 14.5 Å². The third kappa shape index (κ3) is 6.72. The summed E-state index contributed by atoms with van der Waals surface area (Å²) < 4.78 is 1.86. The van der Waals surface area contributed by atoms with E-state index < -0.39 is 16.9 Å². The molecule has 1 atom stereocenters. The molecule has 0 aliphatic rings. The number of nitro groups is 1. The molecule has 2 N–H and O–H groups in total. The van der Waals surface area contributed by atoms with Gasteiger partial charge in [0.25, 0.3) is 11.6 Å². The lowest BCUT2D eigenvalue weighted by molar-refractivity contribution is -0.384. The van der Waals surface area contributed by atoms with E-state index in [1.54, 1.807) is 0 Å². The minimum atomic E-state index is -0.540. The summed E-state index contributed by atoms with van der Waals surface area (Å²) in [6.45, 7) is 8.30. The number of amides is 2. The van der Waals surface area contributed by atoms with Crippen LogP contribution in [0.5, 0.6) is 0 Å². The molecule has 11 nitrogen and oxygen atoms in total. The van der Waals surface area contributed by atoms with Gasteiger partial charge in [-0.1, -0.05) is 62.0 Å². The zero-order valence-electron chi connectivity index (χ0n) is 22.5. The fraction of sp³-hybridized carbons (Fsp3) is 0.296. The van der Waals surface area contributed by atoms with Crippen molar-refractivity contribution >= 4 is 45.7 Å². The molecule has 0 aliphatic carbocycles. The monoisotopic (exact) mass is 579 g/mol. The van der Waals surface area contributed by atoms with Gasteiger partial charge in [0.05, 0.1) is 22.4 Å². The highest BCUT2D eigenvalue weighted by Gasteiger charge is 2.27. The Kier molecular flexibility index (Phi) is 9.27. The lowest BCUT2D eigenvalue weighted by Crippen LogP contribution is -2.33. The SMILES string of the molecule is CCn1c(SCC(=O)Nc2nc(-c3ccccc3)c(C)s2)nnc1[C@H](NC(=O)c1cccc([N+](=O)[O-])c1)C(C)C. The van der Waals surface area contributed by atoms with Crippen LogP contribution in [0.25, 0.3) is 11.3 Å². The number of hydrogen-bond acceptors (Lipinski definition) is 9. The summed E-state index contributed by atoms with van der Waals surface area (Å²) in [5, 5.41) is 26.6. The third-order valence-electron chi connectivity index (χ3n) is 6.03. The predicted octanol–water partition coefficient (Wildman–Crippen LogP) is 5.50. The number of aryl methyl sites for hydroxylation is 1. The molecule has 40 heavy (non-hydrogen) atoms. The summed E-state index contributed by atoms with van der Waals surface area (Å²) in [6, 6.07) is 14.9. The van der Waals surface area contributed by atoms with Gasteiger partial charge >= 0.3 is 0 Å². The maximum Gasteiger partial charge on any atom is 0.270 e. The van der Waals surface area contributed by atoms with Crippen LogP contribution in [0, 0.1) is 23.0 Å². The van der Waals surface area contributed by atoms with Crippen LogP contribution in [0.15, 0.2) is 59.8 Å². The Labute approximate surface area is 239 Å². The van der Waals surface area contributed by atoms with Crippen LogP contribution in [-0.4, -0.2) is 42.2 Å². The molecule has 2 heterocycles. The van der Waals surface area contributed by atoms with Gasteiger partial charge in [-0.3, -0.25) is 19.7 Å². The van der Waals surface area contributed by atoms with E-state index in [0.29, 0.717) is 22.7 Å². The lowest BCUT2D eigenvalue weighted by atomic mass is 10.0. The Bertz CT molecular complexity index is 1520. The van der Waals surface area contributed by atoms with Gasteiger partial charge in [0.2, 0.25) is 5.91 Å². The number of carbonyl (C=O) groups is 2. The third-order valence-corrected chi connectivity index (χ3v) is 7.89. The second-order valence-corrected chi connectivity index (χ2v) is 11.4. The van der Waals surface area contributed by atoms with Crippen molar-refractivity contribution in [2.45, 2.75) is 45.4 Å². The first-order chi connectivity index (χ1) is 19.2. The molecule has 0 fully saturated rings. The molecule has 0 radical (unpaired) electrons. The van der Waals surface area contributed by atoms with Crippen molar-refractivity contribution in [2.24, 2.45) is 5.92 Å². The van der Waals surface area contributed by atoms with Gasteiger partial charge in [-0.05, 0) is 25.8 Å². The van der Waals surface area contributed by atoms with E-state index in [9.17, 15) is 19.7 Å². The molecular weight excluding hydrogens is 550 g/mol. The molecular formula is C27H29N7O4S2. The van der Waals surface area contributed by atoms with Crippen LogP contribution in [0.4, 0.5) is 10.8 Å². The number of thioether (sulfide) groups is 1. The zero-order chi connectivity index (χ0) is 28.8. The number of carbonyl (C=O) groups excluding carboxylic acids is 2. The van der Waals surface area contributed by atoms with Gasteiger partial charge in [0, 0.05) is 34.7 Å². The van der Waals surface area contributed by atoms with E-state index in [1.807, 2.05) is 62.6 Å². The standard InChI is InChI=1S/C27H29N7O4S2/c1-5-33-24(22(16(2)3)29-25(36)19-12-9-13-20(14-19)34(37)38)31-32-27(33)39-15-21(35)28-26-30-23(17(4)40-26)18-10-7-6-8-11-18/h6-14,16,22H,5,15H2,1-4H3,(H,29,36)(H,28,30,35)/t22-/m1/s1. The van der Waals surface area contributed by atoms with Gasteiger partial charge < -0.3 is 15.2 Å². The Morgan fingerprint density at radius 2 is 1.88 bits per heavy atom. The van der Waals surface area contributed by atoms with Crippen LogP contribution in [0.3, 0.4) is 0 Å². The second kappa shape index (κ2) is 12.8. The second-order valence-electron chi connectivity index (χ2n) is 9.21. The van der Waals surface area contributed by atoms with Crippen LogP contribution in [0.1, 0.15) is 47.9 Å². The quantitative estimate of drug-likeness (QED) is 0.135. The van der Waals surface area contributed by atoms with Crippen molar-refractivity contribution in [1.82, 2.24) is 25.1 Å². The molecule has 0 saturated heterocycles. The first kappa shape index (κ1) is 28.9. The molecule has 2 aromatic heterocycles. The van der Waals surface area contributed by atoms with Gasteiger partial charge in [0.15, 0.2) is 16.1 Å². The van der Waals surface area contributed by atoms with Crippen molar-refractivity contribution in [3.05, 3.63) is 81.0 Å². The number of aromatic nitrogens is 4. The highest BCUT2D eigenvalue weighted by atomic mass is 32.2. The Morgan fingerprint density at radius 3 is 2.55 bits per heavy atom. The number of anilines is 1. The number of rotatable bonds is 11. The van der Waals surface area contributed by atoms with Crippen LogP contribution in [0.2, 0.25) is 0 Å². The van der Waals surface area contributed by atoms with E-state index in [1.165, 1.54) is 47.4 Å². The van der Waals surface area contributed by atoms with Crippen molar-refractivity contribution in [3.63, 3.8) is 0 Å². The molecule has 13 heteroatoms. The van der Waals surface area contributed by atoms with Gasteiger partial charge in [-0.15, -0.1) is 21.5 Å². The number of nitrogens with one attached hydrogen (secondary N) is 2. The number of benzene rings is 2. The molecule has 208 valence electrons. The predicted molar refractivity (Wildman–Crippen MR) is 155 cm³/mol. The summed E-state index contributed by atoms with van der Waals surface area (Å²) >= 11 is 2.66. The normalized spacial score (nSPS) is 11.8. The van der Waals surface area contributed by atoms with Crippen LogP contribution in [-0.2, 0) is 11.3 Å².